The summed E-state index contributed by atoms with van der Waals surface area (Å²) in [4.78, 5) is 9.54. The van der Waals surface area contributed by atoms with E-state index in [9.17, 15) is 0 Å². The highest BCUT2D eigenvalue weighted by Crippen LogP contribution is 2.30. The van der Waals surface area contributed by atoms with Crippen molar-refractivity contribution < 1.29 is 4.74 Å². The molecule has 1 aliphatic heterocycles. The third kappa shape index (κ3) is 2.21. The zero-order chi connectivity index (χ0) is 12.4. The summed E-state index contributed by atoms with van der Waals surface area (Å²) < 4.78 is 5.56. The molecule has 0 spiro atoms. The lowest BCUT2D eigenvalue weighted by molar-refractivity contribution is 0.0780. The highest BCUT2D eigenvalue weighted by atomic mass is 16.5. The van der Waals surface area contributed by atoms with Crippen LogP contribution in [0.5, 0.6) is 0 Å². The average Bonchev–Trinajstić information content (AvgIpc) is 2.88. The predicted octanol–water partition coefficient (Wildman–Crippen LogP) is 2.29. The summed E-state index contributed by atoms with van der Waals surface area (Å²) in [6, 6.07) is 0. The van der Waals surface area contributed by atoms with Crippen LogP contribution in [0.2, 0.25) is 0 Å². The first kappa shape index (κ1) is 11.9. The van der Waals surface area contributed by atoms with Gasteiger partial charge >= 0.3 is 0 Å². The highest BCUT2D eigenvalue weighted by molar-refractivity contribution is 5.49. The molecule has 1 N–H and O–H groups in total. The van der Waals surface area contributed by atoms with Gasteiger partial charge in [-0.05, 0) is 39.0 Å². The van der Waals surface area contributed by atoms with Crippen molar-refractivity contribution in [3.8, 4) is 0 Å². The van der Waals surface area contributed by atoms with Gasteiger partial charge in [-0.3, -0.25) is 0 Å². The summed E-state index contributed by atoms with van der Waals surface area (Å²) in [5.74, 6) is 2.45. The molecule has 0 radical (unpaired) electrons. The molecule has 4 heteroatoms. The van der Waals surface area contributed by atoms with Gasteiger partial charge in [-0.15, -0.1) is 0 Å². The first-order valence-corrected chi connectivity index (χ1v) is 7.09. The SMILES string of the molecule is CCNc1nc(C2CCCOC2)nc2c1CCC2. The van der Waals surface area contributed by atoms with Crippen molar-refractivity contribution in [3.05, 3.63) is 17.1 Å². The van der Waals surface area contributed by atoms with Crippen LogP contribution in [0.15, 0.2) is 0 Å². The molecule has 0 aromatic carbocycles. The fourth-order valence-electron chi connectivity index (χ4n) is 2.89. The van der Waals surface area contributed by atoms with Gasteiger partial charge in [0.25, 0.3) is 0 Å². The van der Waals surface area contributed by atoms with E-state index in [0.717, 1.165) is 57.1 Å². The second-order valence-corrected chi connectivity index (χ2v) is 5.15. The topological polar surface area (TPSA) is 47.0 Å². The van der Waals surface area contributed by atoms with Crippen LogP contribution in [0.1, 0.15) is 49.2 Å². The molecule has 1 atom stereocenters. The van der Waals surface area contributed by atoms with E-state index in [4.69, 9.17) is 14.7 Å². The second-order valence-electron chi connectivity index (χ2n) is 5.15. The van der Waals surface area contributed by atoms with Gasteiger partial charge in [0.2, 0.25) is 0 Å². The monoisotopic (exact) mass is 247 g/mol. The van der Waals surface area contributed by atoms with E-state index in [-0.39, 0.29) is 0 Å². The van der Waals surface area contributed by atoms with Crippen molar-refractivity contribution >= 4 is 5.82 Å². The summed E-state index contributed by atoms with van der Waals surface area (Å²) in [5.41, 5.74) is 2.61. The van der Waals surface area contributed by atoms with Crippen LogP contribution >= 0.6 is 0 Å². The zero-order valence-corrected chi connectivity index (χ0v) is 11.0. The Balaban J connectivity index is 1.92. The van der Waals surface area contributed by atoms with Crippen molar-refractivity contribution in [3.63, 3.8) is 0 Å². The van der Waals surface area contributed by atoms with Gasteiger partial charge in [-0.2, -0.15) is 0 Å². The van der Waals surface area contributed by atoms with E-state index in [2.05, 4.69) is 12.2 Å². The van der Waals surface area contributed by atoms with Gasteiger partial charge in [-0.25, -0.2) is 9.97 Å². The summed E-state index contributed by atoms with van der Waals surface area (Å²) >= 11 is 0. The first-order valence-electron chi connectivity index (χ1n) is 7.09. The third-order valence-corrected chi connectivity index (χ3v) is 3.82. The van der Waals surface area contributed by atoms with Crippen LogP contribution in [0, 0.1) is 0 Å². The number of hydrogen-bond donors (Lipinski definition) is 1. The summed E-state index contributed by atoms with van der Waals surface area (Å²) in [7, 11) is 0. The Morgan fingerprint density at radius 1 is 1.28 bits per heavy atom. The Kier molecular flexibility index (Phi) is 3.46. The van der Waals surface area contributed by atoms with Crippen LogP contribution in [0.4, 0.5) is 5.82 Å². The van der Waals surface area contributed by atoms with E-state index in [0.29, 0.717) is 5.92 Å². The summed E-state index contributed by atoms with van der Waals surface area (Å²) in [6.45, 7) is 4.71. The molecule has 1 unspecified atom stereocenters. The Hall–Kier alpha value is -1.16. The smallest absolute Gasteiger partial charge is 0.136 e. The molecule has 1 saturated heterocycles. The number of ether oxygens (including phenoxy) is 1. The van der Waals surface area contributed by atoms with Crippen LogP contribution in [0.3, 0.4) is 0 Å². The normalized spacial score (nSPS) is 22.8. The molecule has 0 saturated carbocycles. The minimum Gasteiger partial charge on any atom is -0.381 e. The highest BCUT2D eigenvalue weighted by Gasteiger charge is 2.24. The van der Waals surface area contributed by atoms with Crippen molar-refractivity contribution in [1.29, 1.82) is 0 Å². The average molecular weight is 247 g/mol. The molecule has 18 heavy (non-hydrogen) atoms. The molecule has 2 heterocycles. The van der Waals surface area contributed by atoms with Crippen LogP contribution < -0.4 is 5.32 Å². The maximum absolute atomic E-state index is 5.56. The lowest BCUT2D eigenvalue weighted by atomic mass is 10.0. The molecule has 0 amide bonds. The fourth-order valence-corrected chi connectivity index (χ4v) is 2.89. The molecular weight excluding hydrogens is 226 g/mol. The van der Waals surface area contributed by atoms with Gasteiger partial charge in [-0.1, -0.05) is 0 Å². The third-order valence-electron chi connectivity index (χ3n) is 3.82. The number of fused-ring (bicyclic) bond motifs is 1. The number of anilines is 1. The van der Waals surface area contributed by atoms with E-state index in [1.54, 1.807) is 0 Å². The van der Waals surface area contributed by atoms with Crippen molar-refractivity contribution in [2.45, 2.75) is 44.9 Å². The van der Waals surface area contributed by atoms with Crippen molar-refractivity contribution in [2.24, 2.45) is 0 Å². The minimum atomic E-state index is 0.391. The van der Waals surface area contributed by atoms with E-state index < -0.39 is 0 Å². The molecule has 1 aromatic rings. The van der Waals surface area contributed by atoms with Gasteiger partial charge in [0, 0.05) is 30.3 Å². The quantitative estimate of drug-likeness (QED) is 0.890. The van der Waals surface area contributed by atoms with E-state index in [1.807, 2.05) is 0 Å². The van der Waals surface area contributed by atoms with E-state index in [1.165, 1.54) is 17.7 Å². The number of nitrogens with zero attached hydrogens (tertiary/aromatic N) is 2. The molecule has 1 aliphatic carbocycles. The zero-order valence-electron chi connectivity index (χ0n) is 11.0. The molecule has 2 aliphatic rings. The van der Waals surface area contributed by atoms with Crippen molar-refractivity contribution in [2.75, 3.05) is 25.1 Å². The maximum atomic E-state index is 5.56. The van der Waals surface area contributed by atoms with Crippen molar-refractivity contribution in [1.82, 2.24) is 9.97 Å². The number of aryl methyl sites for hydroxylation is 1. The number of hydrogen-bond acceptors (Lipinski definition) is 4. The molecule has 1 aromatic heterocycles. The largest absolute Gasteiger partial charge is 0.381 e. The Morgan fingerprint density at radius 2 is 2.22 bits per heavy atom. The molecule has 0 bridgehead atoms. The Bertz CT molecular complexity index is 427. The summed E-state index contributed by atoms with van der Waals surface area (Å²) in [6.07, 6.45) is 5.73. The Morgan fingerprint density at radius 3 is 3.00 bits per heavy atom. The standard InChI is InChI=1S/C14H21N3O/c1-2-15-14-11-6-3-7-12(11)16-13(17-14)10-5-4-8-18-9-10/h10H,2-9H2,1H3,(H,15,16,17). The number of rotatable bonds is 3. The maximum Gasteiger partial charge on any atom is 0.136 e. The predicted molar refractivity (Wildman–Crippen MR) is 71.0 cm³/mol. The van der Waals surface area contributed by atoms with Gasteiger partial charge < -0.3 is 10.1 Å². The molecule has 4 nitrogen and oxygen atoms in total. The number of aromatic nitrogens is 2. The molecule has 1 fully saturated rings. The first-order chi connectivity index (χ1) is 8.88. The molecular formula is C14H21N3O. The van der Waals surface area contributed by atoms with Crippen LogP contribution in [0.25, 0.3) is 0 Å². The lowest BCUT2D eigenvalue weighted by Crippen LogP contribution is -2.19. The lowest BCUT2D eigenvalue weighted by Gasteiger charge is -2.22. The van der Waals surface area contributed by atoms with Gasteiger partial charge in [0.1, 0.15) is 11.6 Å². The fraction of sp³-hybridized carbons (Fsp3) is 0.714. The van der Waals surface area contributed by atoms with Gasteiger partial charge in [0.05, 0.1) is 6.61 Å². The molecule has 98 valence electrons. The summed E-state index contributed by atoms with van der Waals surface area (Å²) in [5, 5.41) is 3.40. The molecule has 3 rings (SSSR count). The Labute approximate surface area is 108 Å². The van der Waals surface area contributed by atoms with Gasteiger partial charge in [0.15, 0.2) is 0 Å². The van der Waals surface area contributed by atoms with Crippen LogP contribution in [-0.4, -0.2) is 29.7 Å². The minimum absolute atomic E-state index is 0.391. The van der Waals surface area contributed by atoms with E-state index >= 15 is 0 Å². The van der Waals surface area contributed by atoms with Crippen LogP contribution in [-0.2, 0) is 17.6 Å². The second kappa shape index (κ2) is 5.22. The number of nitrogens with one attached hydrogen (secondary N) is 1.